The Kier molecular flexibility index (Phi) is 5.14. The Hall–Kier alpha value is -3.45. The molecule has 2 aromatic heterocycles. The Morgan fingerprint density at radius 1 is 1.10 bits per heavy atom. The number of rotatable bonds is 5. The summed E-state index contributed by atoms with van der Waals surface area (Å²) in [6.45, 7) is 1.54. The number of benzene rings is 2. The molecule has 2 aromatic carbocycles. The number of hydrogen-bond donors (Lipinski definition) is 0. The van der Waals surface area contributed by atoms with Crippen LogP contribution in [0.2, 0.25) is 0 Å². The number of thiazole rings is 1. The van der Waals surface area contributed by atoms with Crippen LogP contribution in [0.4, 0.5) is 10.8 Å². The largest absolute Gasteiger partial charge is 0.455 e. The van der Waals surface area contributed by atoms with E-state index in [-0.39, 0.29) is 12.5 Å². The van der Waals surface area contributed by atoms with Gasteiger partial charge < -0.3 is 9.30 Å². The molecule has 4 rings (SSSR count). The van der Waals surface area contributed by atoms with E-state index >= 15 is 0 Å². The van der Waals surface area contributed by atoms with Crippen molar-refractivity contribution in [3.8, 4) is 0 Å². The van der Waals surface area contributed by atoms with Gasteiger partial charge in [0.15, 0.2) is 5.13 Å². The van der Waals surface area contributed by atoms with Crippen molar-refractivity contribution in [2.75, 3.05) is 4.90 Å². The number of hydrogen-bond acceptors (Lipinski definition) is 5. The van der Waals surface area contributed by atoms with Crippen molar-refractivity contribution in [2.24, 2.45) is 7.05 Å². The summed E-state index contributed by atoms with van der Waals surface area (Å²) in [5.74, 6) is -0.535. The van der Waals surface area contributed by atoms with Gasteiger partial charge in [-0.2, -0.15) is 0 Å². The highest BCUT2D eigenvalue weighted by Gasteiger charge is 2.19. The van der Waals surface area contributed by atoms with Crippen LogP contribution in [0.25, 0.3) is 10.9 Å². The van der Waals surface area contributed by atoms with Crippen molar-refractivity contribution in [1.29, 1.82) is 0 Å². The molecule has 6 nitrogen and oxygen atoms in total. The summed E-state index contributed by atoms with van der Waals surface area (Å²) in [5, 5.41) is 3.19. The highest BCUT2D eigenvalue weighted by atomic mass is 32.1. The minimum absolute atomic E-state index is 0.0408. The molecule has 29 heavy (non-hydrogen) atoms. The van der Waals surface area contributed by atoms with Crippen LogP contribution < -0.4 is 4.90 Å². The molecule has 146 valence electrons. The lowest BCUT2D eigenvalue weighted by Crippen LogP contribution is -2.22. The SMILES string of the molecule is CC(=O)N(c1ccccc1)c1nc(COC(=O)c2cn(C)c3ccccc23)cs1. The summed E-state index contributed by atoms with van der Waals surface area (Å²) in [6, 6.07) is 17.0. The first-order valence-electron chi connectivity index (χ1n) is 9.06. The van der Waals surface area contributed by atoms with Gasteiger partial charge in [-0.25, -0.2) is 9.78 Å². The molecule has 0 radical (unpaired) electrons. The zero-order chi connectivity index (χ0) is 20.4. The summed E-state index contributed by atoms with van der Waals surface area (Å²) in [5.41, 5.74) is 2.83. The first kappa shape index (κ1) is 18.9. The Labute approximate surface area is 172 Å². The Morgan fingerprint density at radius 2 is 1.83 bits per heavy atom. The third-order valence-corrected chi connectivity index (χ3v) is 5.40. The third kappa shape index (κ3) is 3.77. The lowest BCUT2D eigenvalue weighted by atomic mass is 10.2. The van der Waals surface area contributed by atoms with Crippen molar-refractivity contribution in [3.05, 3.63) is 77.4 Å². The number of aromatic nitrogens is 2. The number of carbonyl (C=O) groups is 2. The normalized spacial score (nSPS) is 10.8. The Morgan fingerprint density at radius 3 is 2.59 bits per heavy atom. The van der Waals surface area contributed by atoms with Gasteiger partial charge in [0.1, 0.15) is 6.61 Å². The van der Waals surface area contributed by atoms with Gasteiger partial charge in [-0.05, 0) is 18.2 Å². The van der Waals surface area contributed by atoms with Gasteiger partial charge in [-0.1, -0.05) is 36.4 Å². The van der Waals surface area contributed by atoms with Gasteiger partial charge >= 0.3 is 5.97 Å². The Balaban J connectivity index is 1.50. The number of esters is 1. The van der Waals surface area contributed by atoms with Crippen molar-refractivity contribution in [3.63, 3.8) is 0 Å². The van der Waals surface area contributed by atoms with Crippen molar-refractivity contribution >= 4 is 44.9 Å². The summed E-state index contributed by atoms with van der Waals surface area (Å²) < 4.78 is 7.38. The molecule has 0 aliphatic rings. The van der Waals surface area contributed by atoms with E-state index in [9.17, 15) is 9.59 Å². The molecule has 0 atom stereocenters. The predicted molar refractivity (Wildman–Crippen MR) is 113 cm³/mol. The average molecular weight is 405 g/mol. The third-order valence-electron chi connectivity index (χ3n) is 4.53. The maximum Gasteiger partial charge on any atom is 0.340 e. The second-order valence-electron chi connectivity index (χ2n) is 6.56. The quantitative estimate of drug-likeness (QED) is 0.453. The fourth-order valence-electron chi connectivity index (χ4n) is 3.19. The van der Waals surface area contributed by atoms with E-state index < -0.39 is 5.97 Å². The number of fused-ring (bicyclic) bond motifs is 1. The maximum atomic E-state index is 12.6. The molecule has 1 amide bonds. The van der Waals surface area contributed by atoms with Crippen LogP contribution in [0, 0.1) is 0 Å². The zero-order valence-electron chi connectivity index (χ0n) is 16.0. The molecular formula is C22H19N3O3S. The molecular weight excluding hydrogens is 386 g/mol. The molecule has 0 aliphatic carbocycles. The molecule has 0 fully saturated rings. The maximum absolute atomic E-state index is 12.6. The fraction of sp³-hybridized carbons (Fsp3) is 0.136. The Bertz CT molecular complexity index is 1180. The molecule has 0 N–H and O–H groups in total. The van der Waals surface area contributed by atoms with Crippen molar-refractivity contribution < 1.29 is 14.3 Å². The summed E-state index contributed by atoms with van der Waals surface area (Å²) >= 11 is 1.33. The smallest absolute Gasteiger partial charge is 0.340 e. The number of nitrogens with zero attached hydrogens (tertiary/aromatic N) is 3. The second kappa shape index (κ2) is 7.89. The molecule has 0 saturated heterocycles. The molecule has 4 aromatic rings. The highest BCUT2D eigenvalue weighted by molar-refractivity contribution is 7.14. The molecule has 0 aliphatic heterocycles. The molecule has 0 unspecified atom stereocenters. The minimum atomic E-state index is -0.400. The lowest BCUT2D eigenvalue weighted by molar-refractivity contribution is -0.115. The standard InChI is InChI=1S/C22H19N3O3S/c1-15(26)25(17-8-4-3-5-9-17)22-23-16(14-29-22)13-28-21(27)19-12-24(2)20-11-7-6-10-18(19)20/h3-12,14H,13H2,1-2H3. The van der Waals surface area contributed by atoms with E-state index in [2.05, 4.69) is 4.98 Å². The topological polar surface area (TPSA) is 64.4 Å². The fourth-order valence-corrected chi connectivity index (χ4v) is 4.06. The monoisotopic (exact) mass is 405 g/mol. The van der Waals surface area contributed by atoms with E-state index in [1.807, 2.05) is 66.2 Å². The number of ether oxygens (including phenoxy) is 1. The molecule has 7 heteroatoms. The lowest BCUT2D eigenvalue weighted by Gasteiger charge is -2.17. The van der Waals surface area contributed by atoms with Crippen LogP contribution in [-0.4, -0.2) is 21.4 Å². The van der Waals surface area contributed by atoms with E-state index in [4.69, 9.17) is 4.74 Å². The van der Waals surface area contributed by atoms with Gasteiger partial charge in [0.25, 0.3) is 0 Å². The first-order chi connectivity index (χ1) is 14.0. The molecule has 0 spiro atoms. The van der Waals surface area contributed by atoms with Crippen LogP contribution in [0.5, 0.6) is 0 Å². The van der Waals surface area contributed by atoms with Gasteiger partial charge in [0.05, 0.1) is 16.9 Å². The minimum Gasteiger partial charge on any atom is -0.455 e. The predicted octanol–water partition coefficient (Wildman–Crippen LogP) is 4.68. The van der Waals surface area contributed by atoms with Crippen LogP contribution in [0.15, 0.2) is 66.2 Å². The van der Waals surface area contributed by atoms with Gasteiger partial charge in [-0.3, -0.25) is 9.69 Å². The van der Waals surface area contributed by atoms with Crippen LogP contribution in [0.3, 0.4) is 0 Å². The van der Waals surface area contributed by atoms with Crippen LogP contribution in [0.1, 0.15) is 23.0 Å². The number of aryl methyl sites for hydroxylation is 1. The van der Waals surface area contributed by atoms with E-state index in [1.54, 1.807) is 16.5 Å². The first-order valence-corrected chi connectivity index (χ1v) is 9.94. The number of amides is 1. The van der Waals surface area contributed by atoms with Gasteiger partial charge in [0.2, 0.25) is 5.91 Å². The van der Waals surface area contributed by atoms with Gasteiger partial charge in [0, 0.05) is 36.5 Å². The van der Waals surface area contributed by atoms with Gasteiger partial charge in [-0.15, -0.1) is 11.3 Å². The van der Waals surface area contributed by atoms with E-state index in [0.717, 1.165) is 16.6 Å². The summed E-state index contributed by atoms with van der Waals surface area (Å²) in [6.07, 6.45) is 1.77. The number of anilines is 2. The average Bonchev–Trinajstić information content (AvgIpc) is 3.32. The van der Waals surface area contributed by atoms with Crippen molar-refractivity contribution in [1.82, 2.24) is 9.55 Å². The van der Waals surface area contributed by atoms with E-state index in [0.29, 0.717) is 16.4 Å². The molecule has 0 bridgehead atoms. The summed E-state index contributed by atoms with van der Waals surface area (Å²) in [7, 11) is 1.89. The number of para-hydroxylation sites is 2. The molecule has 0 saturated carbocycles. The van der Waals surface area contributed by atoms with Crippen molar-refractivity contribution in [2.45, 2.75) is 13.5 Å². The highest BCUT2D eigenvalue weighted by Crippen LogP contribution is 2.29. The van der Waals surface area contributed by atoms with E-state index in [1.165, 1.54) is 18.3 Å². The molecule has 2 heterocycles. The number of carbonyl (C=O) groups excluding carboxylic acids is 2. The second-order valence-corrected chi connectivity index (χ2v) is 7.39. The summed E-state index contributed by atoms with van der Waals surface area (Å²) in [4.78, 5) is 30.8. The van der Waals surface area contributed by atoms with Crippen LogP contribution >= 0.6 is 11.3 Å². The zero-order valence-corrected chi connectivity index (χ0v) is 16.8. The van der Waals surface area contributed by atoms with Crippen LogP contribution in [-0.2, 0) is 23.2 Å².